The van der Waals surface area contributed by atoms with Crippen molar-refractivity contribution in [2.75, 3.05) is 6.61 Å². The summed E-state index contributed by atoms with van der Waals surface area (Å²) < 4.78 is 6.29. The number of nitrogens with two attached hydrogens (primary N) is 1. The molecule has 2 rings (SSSR count). The molecule has 0 unspecified atom stereocenters. The molecule has 1 aromatic rings. The summed E-state index contributed by atoms with van der Waals surface area (Å²) >= 11 is 3.31. The average Bonchev–Trinajstić information content (AvgIpc) is 2.30. The standard InChI is InChI=1S/C10H10BrNO2/c11-6-1-2-9-7(5-6)10(13)8(12)3-4-14-9/h1-2,5,8H,3-4,12H2/t8-/m1/s1. The fourth-order valence-corrected chi connectivity index (χ4v) is 1.81. The van der Waals surface area contributed by atoms with Crippen molar-refractivity contribution < 1.29 is 9.53 Å². The van der Waals surface area contributed by atoms with Crippen LogP contribution >= 0.6 is 15.9 Å². The number of benzene rings is 1. The lowest BCUT2D eigenvalue weighted by molar-refractivity contribution is 0.0960. The lowest BCUT2D eigenvalue weighted by atomic mass is 10.0. The molecular weight excluding hydrogens is 246 g/mol. The van der Waals surface area contributed by atoms with Gasteiger partial charge in [-0.2, -0.15) is 0 Å². The van der Waals surface area contributed by atoms with Crippen molar-refractivity contribution in [1.29, 1.82) is 0 Å². The van der Waals surface area contributed by atoms with Gasteiger partial charge in [0.25, 0.3) is 0 Å². The summed E-state index contributed by atoms with van der Waals surface area (Å²) in [7, 11) is 0. The first kappa shape index (κ1) is 9.68. The van der Waals surface area contributed by atoms with Crippen LogP contribution in [0.15, 0.2) is 22.7 Å². The van der Waals surface area contributed by atoms with Crippen molar-refractivity contribution >= 4 is 21.7 Å². The first-order chi connectivity index (χ1) is 6.68. The summed E-state index contributed by atoms with van der Waals surface area (Å²) in [5, 5.41) is 0. The van der Waals surface area contributed by atoms with E-state index in [9.17, 15) is 4.79 Å². The number of ketones is 1. The van der Waals surface area contributed by atoms with Crippen molar-refractivity contribution in [3.63, 3.8) is 0 Å². The van der Waals surface area contributed by atoms with Crippen LogP contribution in [0.1, 0.15) is 16.8 Å². The largest absolute Gasteiger partial charge is 0.493 e. The van der Waals surface area contributed by atoms with E-state index in [2.05, 4.69) is 15.9 Å². The van der Waals surface area contributed by atoms with Gasteiger partial charge in [-0.25, -0.2) is 0 Å². The molecule has 0 aliphatic carbocycles. The van der Waals surface area contributed by atoms with E-state index in [1.807, 2.05) is 6.07 Å². The van der Waals surface area contributed by atoms with E-state index in [0.29, 0.717) is 24.3 Å². The molecule has 2 N–H and O–H groups in total. The summed E-state index contributed by atoms with van der Waals surface area (Å²) in [5.41, 5.74) is 6.27. The van der Waals surface area contributed by atoms with Crippen molar-refractivity contribution in [2.45, 2.75) is 12.5 Å². The summed E-state index contributed by atoms with van der Waals surface area (Å²) in [6, 6.07) is 4.95. The van der Waals surface area contributed by atoms with Crippen LogP contribution in [0.5, 0.6) is 5.75 Å². The van der Waals surface area contributed by atoms with Crippen molar-refractivity contribution in [1.82, 2.24) is 0 Å². The molecule has 0 fully saturated rings. The highest BCUT2D eigenvalue weighted by Crippen LogP contribution is 2.26. The highest BCUT2D eigenvalue weighted by Gasteiger charge is 2.23. The highest BCUT2D eigenvalue weighted by atomic mass is 79.9. The third-order valence-corrected chi connectivity index (χ3v) is 2.72. The Labute approximate surface area is 90.4 Å². The zero-order valence-corrected chi connectivity index (χ0v) is 9.08. The third-order valence-electron chi connectivity index (χ3n) is 2.23. The molecule has 1 heterocycles. The van der Waals surface area contributed by atoms with Gasteiger partial charge in [-0.05, 0) is 18.2 Å². The number of rotatable bonds is 0. The van der Waals surface area contributed by atoms with E-state index in [1.54, 1.807) is 12.1 Å². The normalized spacial score (nSPS) is 21.0. The molecule has 1 aliphatic rings. The Hall–Kier alpha value is -0.870. The van der Waals surface area contributed by atoms with Gasteiger partial charge in [-0.15, -0.1) is 0 Å². The van der Waals surface area contributed by atoms with Gasteiger partial charge in [-0.1, -0.05) is 15.9 Å². The van der Waals surface area contributed by atoms with Gasteiger partial charge in [0.2, 0.25) is 0 Å². The number of Topliss-reactive ketones (excluding diaryl/α,β-unsaturated/α-hetero) is 1. The highest BCUT2D eigenvalue weighted by molar-refractivity contribution is 9.10. The molecule has 1 atom stereocenters. The molecule has 0 spiro atoms. The van der Waals surface area contributed by atoms with Gasteiger partial charge in [0.15, 0.2) is 5.78 Å². The zero-order valence-electron chi connectivity index (χ0n) is 7.50. The van der Waals surface area contributed by atoms with Crippen LogP contribution in [0.3, 0.4) is 0 Å². The second-order valence-corrected chi connectivity index (χ2v) is 4.16. The van der Waals surface area contributed by atoms with Crippen LogP contribution in [-0.2, 0) is 0 Å². The molecule has 0 saturated heterocycles. The van der Waals surface area contributed by atoms with Crippen LogP contribution in [0, 0.1) is 0 Å². The topological polar surface area (TPSA) is 52.3 Å². The van der Waals surface area contributed by atoms with Gasteiger partial charge in [0.1, 0.15) is 5.75 Å². The number of carbonyl (C=O) groups is 1. The molecule has 14 heavy (non-hydrogen) atoms. The summed E-state index contributed by atoms with van der Waals surface area (Å²) in [5.74, 6) is 0.588. The Bertz CT molecular complexity index is 378. The Morgan fingerprint density at radius 2 is 2.29 bits per heavy atom. The van der Waals surface area contributed by atoms with Gasteiger partial charge >= 0.3 is 0 Å². The van der Waals surface area contributed by atoms with Gasteiger partial charge < -0.3 is 10.5 Å². The van der Waals surface area contributed by atoms with Crippen LogP contribution in [0.25, 0.3) is 0 Å². The molecule has 74 valence electrons. The second kappa shape index (κ2) is 3.71. The van der Waals surface area contributed by atoms with Crippen LogP contribution < -0.4 is 10.5 Å². The van der Waals surface area contributed by atoms with Crippen LogP contribution in [-0.4, -0.2) is 18.4 Å². The Balaban J connectivity index is 2.50. The number of hydrogen-bond acceptors (Lipinski definition) is 3. The van der Waals surface area contributed by atoms with Gasteiger partial charge in [-0.3, -0.25) is 4.79 Å². The summed E-state index contributed by atoms with van der Waals surface area (Å²) in [6.07, 6.45) is 0.575. The fraction of sp³-hybridized carbons (Fsp3) is 0.300. The smallest absolute Gasteiger partial charge is 0.183 e. The Morgan fingerprint density at radius 1 is 1.50 bits per heavy atom. The van der Waals surface area contributed by atoms with Gasteiger partial charge in [0, 0.05) is 10.9 Å². The van der Waals surface area contributed by atoms with E-state index in [1.165, 1.54) is 0 Å². The Kier molecular flexibility index (Phi) is 2.56. The molecule has 4 heteroatoms. The average molecular weight is 256 g/mol. The van der Waals surface area contributed by atoms with Crippen LogP contribution in [0.4, 0.5) is 0 Å². The predicted molar refractivity (Wildman–Crippen MR) is 56.6 cm³/mol. The second-order valence-electron chi connectivity index (χ2n) is 3.25. The molecule has 0 amide bonds. The number of carbonyl (C=O) groups excluding carboxylic acids is 1. The molecule has 0 bridgehead atoms. The molecule has 0 radical (unpaired) electrons. The van der Waals surface area contributed by atoms with E-state index in [0.717, 1.165) is 4.47 Å². The Morgan fingerprint density at radius 3 is 3.07 bits per heavy atom. The van der Waals surface area contributed by atoms with E-state index < -0.39 is 6.04 Å². The number of fused-ring (bicyclic) bond motifs is 1. The molecule has 0 saturated carbocycles. The number of hydrogen-bond donors (Lipinski definition) is 1. The molecule has 0 aromatic heterocycles. The minimum absolute atomic E-state index is 0.0428. The third kappa shape index (κ3) is 1.67. The molecule has 1 aliphatic heterocycles. The maximum absolute atomic E-state index is 11.8. The van der Waals surface area contributed by atoms with Crippen molar-refractivity contribution in [2.24, 2.45) is 5.73 Å². The molecular formula is C10H10BrNO2. The van der Waals surface area contributed by atoms with E-state index in [4.69, 9.17) is 10.5 Å². The number of ether oxygens (including phenoxy) is 1. The van der Waals surface area contributed by atoms with Gasteiger partial charge in [0.05, 0.1) is 18.2 Å². The lowest BCUT2D eigenvalue weighted by Crippen LogP contribution is -2.30. The monoisotopic (exact) mass is 255 g/mol. The lowest BCUT2D eigenvalue weighted by Gasteiger charge is -2.06. The first-order valence-electron chi connectivity index (χ1n) is 4.40. The van der Waals surface area contributed by atoms with Crippen LogP contribution in [0.2, 0.25) is 0 Å². The summed E-state index contributed by atoms with van der Waals surface area (Å²) in [4.78, 5) is 11.8. The van der Waals surface area contributed by atoms with Crippen molar-refractivity contribution in [3.8, 4) is 5.75 Å². The quantitative estimate of drug-likeness (QED) is 0.769. The summed E-state index contributed by atoms with van der Waals surface area (Å²) in [6.45, 7) is 0.502. The van der Waals surface area contributed by atoms with E-state index in [-0.39, 0.29) is 5.78 Å². The fourth-order valence-electron chi connectivity index (χ4n) is 1.45. The first-order valence-corrected chi connectivity index (χ1v) is 5.20. The maximum Gasteiger partial charge on any atom is 0.183 e. The molecule has 1 aromatic carbocycles. The SMILES string of the molecule is N[C@@H]1CCOc2ccc(Br)cc2C1=O. The minimum atomic E-state index is -0.439. The minimum Gasteiger partial charge on any atom is -0.493 e. The predicted octanol–water partition coefficient (Wildman–Crippen LogP) is 1.74. The van der Waals surface area contributed by atoms with E-state index >= 15 is 0 Å². The molecule has 3 nitrogen and oxygen atoms in total. The van der Waals surface area contributed by atoms with Crippen molar-refractivity contribution in [3.05, 3.63) is 28.2 Å². The number of halogens is 1. The zero-order chi connectivity index (χ0) is 10.1. The maximum atomic E-state index is 11.8.